The van der Waals surface area contributed by atoms with Crippen molar-refractivity contribution < 1.29 is 13.7 Å². The Bertz CT molecular complexity index is 1660. The molecule has 0 spiro atoms. The number of hydrogen-bond donors (Lipinski definition) is 0. The molecule has 0 fully saturated rings. The van der Waals surface area contributed by atoms with Crippen LogP contribution in [0.1, 0.15) is 5.56 Å². The average molecular weight is 603 g/mol. The zero-order valence-electron chi connectivity index (χ0n) is 17.6. The Morgan fingerprint density at radius 1 is 0.903 bits per heavy atom. The first kappa shape index (κ1) is 18.8. The molecule has 31 heavy (non-hydrogen) atoms. The molecule has 0 aliphatic carbocycles. The molecule has 5 heteroatoms. The predicted molar refractivity (Wildman–Crippen MR) is 129 cm³/mol. The monoisotopic (exact) mass is 603 g/mol. The standard InChI is InChI=1S/C26H20N2O2.Bi.2H/c1-16-21(29-3)13-12-18-17-8-4-6-10-20(17)28(25(16)18)24-15-14-23-26(27(24)2)19-9-5-7-11-22(19)30-23;;;/h5-15H,1-3H3;;;/q+1;;;. The van der Waals surface area contributed by atoms with Crippen LogP contribution in [0.3, 0.4) is 0 Å². The summed E-state index contributed by atoms with van der Waals surface area (Å²) in [6, 6.07) is 23.6. The van der Waals surface area contributed by atoms with Crippen LogP contribution < -0.4 is 12.6 Å². The molecular weight excluding hydrogens is 581 g/mol. The SMILES string of the molecule is COc1ccc2c3c[c]([BiH2])ccc3n(-c3ccc4oc5ccccc5c4[n+]3C)c2c1C. The van der Waals surface area contributed by atoms with Gasteiger partial charge in [0.1, 0.15) is 0 Å². The summed E-state index contributed by atoms with van der Waals surface area (Å²) >= 11 is 0.803. The minimum atomic E-state index is 0.803. The summed E-state index contributed by atoms with van der Waals surface area (Å²) in [6.07, 6.45) is 0. The summed E-state index contributed by atoms with van der Waals surface area (Å²) in [5.74, 6) is 2.00. The Morgan fingerprint density at radius 3 is 2.58 bits per heavy atom. The van der Waals surface area contributed by atoms with Crippen molar-refractivity contribution in [3.8, 4) is 11.6 Å². The van der Waals surface area contributed by atoms with E-state index in [0.29, 0.717) is 0 Å². The van der Waals surface area contributed by atoms with Crippen molar-refractivity contribution in [2.75, 3.05) is 7.11 Å². The van der Waals surface area contributed by atoms with E-state index in [2.05, 4.69) is 77.7 Å². The second-order valence-corrected chi connectivity index (χ2v) is 10.6. The van der Waals surface area contributed by atoms with Gasteiger partial charge in [-0.2, -0.15) is 0 Å². The molecule has 0 saturated heterocycles. The Labute approximate surface area is 194 Å². The van der Waals surface area contributed by atoms with E-state index in [4.69, 9.17) is 9.15 Å². The summed E-state index contributed by atoms with van der Waals surface area (Å²) in [7, 11) is 3.86. The number of fused-ring (bicyclic) bond motifs is 6. The van der Waals surface area contributed by atoms with Crippen LogP contribution in [-0.4, -0.2) is 36.4 Å². The van der Waals surface area contributed by atoms with Gasteiger partial charge >= 0.3 is 195 Å². The molecule has 0 unspecified atom stereocenters. The second kappa shape index (κ2) is 6.80. The molecule has 0 N–H and O–H groups in total. The number of nitrogens with zero attached hydrogens (tertiary/aromatic N) is 2. The molecule has 4 nitrogen and oxygen atoms in total. The average Bonchev–Trinajstić information content (AvgIpc) is 3.31. The first-order chi connectivity index (χ1) is 15.1. The Morgan fingerprint density at radius 2 is 1.74 bits per heavy atom. The number of ether oxygens (including phenoxy) is 1. The molecule has 3 aromatic heterocycles. The molecule has 6 rings (SSSR count). The summed E-state index contributed by atoms with van der Waals surface area (Å²) in [5, 5.41) is 3.67. The molecule has 0 radical (unpaired) electrons. The van der Waals surface area contributed by atoms with Gasteiger partial charge in [0.15, 0.2) is 0 Å². The first-order valence-corrected chi connectivity index (χ1v) is 12.5. The fourth-order valence-corrected chi connectivity index (χ4v) is 5.86. The number of furan rings is 1. The zero-order chi connectivity index (χ0) is 21.3. The first-order valence-electron chi connectivity index (χ1n) is 10.3. The molecule has 3 heterocycles. The van der Waals surface area contributed by atoms with E-state index >= 15 is 0 Å². The maximum atomic E-state index is 6.11. The van der Waals surface area contributed by atoms with Crippen LogP contribution in [0, 0.1) is 6.92 Å². The number of rotatable bonds is 2. The number of para-hydroxylation sites is 1. The summed E-state index contributed by atoms with van der Waals surface area (Å²) in [6.45, 7) is 2.14. The van der Waals surface area contributed by atoms with E-state index in [1.54, 1.807) is 7.11 Å². The van der Waals surface area contributed by atoms with Gasteiger partial charge in [-0.05, 0) is 0 Å². The van der Waals surface area contributed by atoms with Gasteiger partial charge in [0.25, 0.3) is 0 Å². The summed E-state index contributed by atoms with van der Waals surface area (Å²) < 4.78 is 17.8. The van der Waals surface area contributed by atoms with Crippen molar-refractivity contribution in [1.82, 2.24) is 4.57 Å². The van der Waals surface area contributed by atoms with E-state index < -0.39 is 0 Å². The van der Waals surface area contributed by atoms with Crippen molar-refractivity contribution in [1.29, 1.82) is 0 Å². The van der Waals surface area contributed by atoms with E-state index in [0.717, 1.165) is 63.9 Å². The summed E-state index contributed by atoms with van der Waals surface area (Å²) in [5.41, 5.74) is 6.44. The number of aryl methyl sites for hydroxylation is 2. The molecule has 0 bridgehead atoms. The minimum absolute atomic E-state index is 0.803. The van der Waals surface area contributed by atoms with Crippen molar-refractivity contribution in [3.63, 3.8) is 0 Å². The van der Waals surface area contributed by atoms with E-state index in [9.17, 15) is 0 Å². The fraction of sp³-hybridized carbons (Fsp3) is 0.115. The van der Waals surface area contributed by atoms with Gasteiger partial charge in [0.2, 0.25) is 0 Å². The van der Waals surface area contributed by atoms with Crippen LogP contribution in [0.4, 0.5) is 0 Å². The van der Waals surface area contributed by atoms with Crippen LogP contribution in [-0.2, 0) is 7.05 Å². The Balaban J connectivity index is 1.81. The van der Waals surface area contributed by atoms with E-state index in [1.165, 1.54) is 25.1 Å². The van der Waals surface area contributed by atoms with Crippen molar-refractivity contribution in [2.24, 2.45) is 7.05 Å². The van der Waals surface area contributed by atoms with E-state index in [-0.39, 0.29) is 0 Å². The van der Waals surface area contributed by atoms with Gasteiger partial charge in [-0.25, -0.2) is 0 Å². The molecule has 0 aliphatic heterocycles. The normalized spacial score (nSPS) is 11.9. The predicted octanol–water partition coefficient (Wildman–Crippen LogP) is 4.08. The Kier molecular flexibility index (Phi) is 4.13. The van der Waals surface area contributed by atoms with Crippen molar-refractivity contribution >= 4 is 71.9 Å². The number of methoxy groups -OCH3 is 1. The van der Waals surface area contributed by atoms with Crippen molar-refractivity contribution in [3.05, 3.63) is 72.3 Å². The molecular formula is C26H22BiN2O2+. The fourth-order valence-electron chi connectivity index (χ4n) is 4.84. The second-order valence-electron chi connectivity index (χ2n) is 7.96. The number of benzene rings is 3. The van der Waals surface area contributed by atoms with Gasteiger partial charge in [-0.15, -0.1) is 0 Å². The van der Waals surface area contributed by atoms with Crippen LogP contribution in [0.2, 0.25) is 0 Å². The van der Waals surface area contributed by atoms with Crippen LogP contribution in [0.15, 0.2) is 71.1 Å². The molecule has 3 aromatic carbocycles. The third kappa shape index (κ3) is 2.59. The molecule has 0 amide bonds. The third-order valence-corrected chi connectivity index (χ3v) is 7.66. The molecule has 0 aliphatic rings. The number of hydrogen-bond acceptors (Lipinski definition) is 2. The quantitative estimate of drug-likeness (QED) is 0.221. The van der Waals surface area contributed by atoms with Gasteiger partial charge in [-0.3, -0.25) is 0 Å². The van der Waals surface area contributed by atoms with Gasteiger partial charge in [0, 0.05) is 0 Å². The Hall–Kier alpha value is -2.91. The number of aromatic nitrogens is 2. The van der Waals surface area contributed by atoms with Crippen LogP contribution in [0.25, 0.3) is 49.7 Å². The molecule has 152 valence electrons. The van der Waals surface area contributed by atoms with Crippen LogP contribution in [0.5, 0.6) is 5.75 Å². The topological polar surface area (TPSA) is 31.2 Å². The van der Waals surface area contributed by atoms with Gasteiger partial charge < -0.3 is 0 Å². The zero-order valence-corrected chi connectivity index (χ0v) is 22.1. The van der Waals surface area contributed by atoms with E-state index in [1.807, 2.05) is 12.1 Å². The van der Waals surface area contributed by atoms with Gasteiger partial charge in [-0.1, -0.05) is 0 Å². The van der Waals surface area contributed by atoms with Gasteiger partial charge in [0.05, 0.1) is 0 Å². The molecule has 6 aromatic rings. The third-order valence-electron chi connectivity index (χ3n) is 6.26. The number of pyridine rings is 1. The maximum absolute atomic E-state index is 6.11. The van der Waals surface area contributed by atoms with Crippen LogP contribution >= 0.6 is 0 Å². The molecule has 0 saturated carbocycles. The summed E-state index contributed by atoms with van der Waals surface area (Å²) in [4.78, 5) is 0. The molecule has 0 atom stereocenters. The van der Waals surface area contributed by atoms with Crippen molar-refractivity contribution in [2.45, 2.75) is 6.92 Å².